The van der Waals surface area contributed by atoms with Gasteiger partial charge in [0.1, 0.15) is 0 Å². The molecule has 0 aliphatic heterocycles. The van der Waals surface area contributed by atoms with Gasteiger partial charge in [0.2, 0.25) is 0 Å². The van der Waals surface area contributed by atoms with Crippen LogP contribution in [-0.4, -0.2) is 13.7 Å². The second-order valence-electron chi connectivity index (χ2n) is 3.58. The van der Waals surface area contributed by atoms with Crippen LogP contribution in [0.5, 0.6) is 0 Å². The molecule has 6 nitrogen and oxygen atoms in total. The third-order valence-corrected chi connectivity index (χ3v) is 3.40. The summed E-state index contributed by atoms with van der Waals surface area (Å²) in [6, 6.07) is 4.96. The van der Waals surface area contributed by atoms with Gasteiger partial charge in [-0.25, -0.2) is 0 Å². The third kappa shape index (κ3) is 2.57. The number of benzene rings is 1. The first-order chi connectivity index (χ1) is 8.59. The summed E-state index contributed by atoms with van der Waals surface area (Å²) >= 11 is 6.80. The molecule has 0 bridgehead atoms. The fraction of sp³-hybridized carbons (Fsp3) is 0.200. The number of anilines is 1. The predicted octanol–water partition coefficient (Wildman–Crippen LogP) is 3.02. The van der Waals surface area contributed by atoms with Gasteiger partial charge in [-0.3, -0.25) is 10.1 Å². The minimum atomic E-state index is -0.393. The molecular formula is C10H9ClN4O2S. The first-order valence-corrected chi connectivity index (χ1v) is 6.15. The number of nitro benzene ring substituents is 1. The monoisotopic (exact) mass is 284 g/mol. The van der Waals surface area contributed by atoms with Crippen molar-refractivity contribution in [2.75, 3.05) is 5.32 Å². The van der Waals surface area contributed by atoms with E-state index in [9.17, 15) is 10.1 Å². The highest BCUT2D eigenvalue weighted by molar-refractivity contribution is 6.99. The van der Waals surface area contributed by atoms with E-state index in [0.29, 0.717) is 23.1 Å². The Labute approximate surface area is 112 Å². The maximum Gasteiger partial charge on any atom is 0.272 e. The average molecular weight is 285 g/mol. The second kappa shape index (κ2) is 5.28. The molecule has 2 rings (SSSR count). The normalized spacial score (nSPS) is 10.3. The van der Waals surface area contributed by atoms with Crippen molar-refractivity contribution in [2.24, 2.45) is 0 Å². The molecule has 94 valence electrons. The highest BCUT2D eigenvalue weighted by Crippen LogP contribution is 2.23. The van der Waals surface area contributed by atoms with Crippen LogP contribution in [0.1, 0.15) is 11.1 Å². The van der Waals surface area contributed by atoms with Crippen molar-refractivity contribution in [3.05, 3.63) is 44.6 Å². The van der Waals surface area contributed by atoms with Gasteiger partial charge in [-0.2, -0.15) is 8.75 Å². The van der Waals surface area contributed by atoms with Crippen LogP contribution in [0.15, 0.2) is 18.2 Å². The van der Waals surface area contributed by atoms with Gasteiger partial charge >= 0.3 is 0 Å². The van der Waals surface area contributed by atoms with Crippen LogP contribution < -0.4 is 5.32 Å². The number of halogens is 1. The number of nitrogens with zero attached hydrogens (tertiary/aromatic N) is 3. The number of nitrogens with one attached hydrogen (secondary N) is 1. The molecule has 1 aromatic heterocycles. The topological polar surface area (TPSA) is 81.0 Å². The Morgan fingerprint density at radius 3 is 2.89 bits per heavy atom. The van der Waals surface area contributed by atoms with E-state index in [0.717, 1.165) is 17.3 Å². The number of hydrogen-bond donors (Lipinski definition) is 1. The molecule has 8 heteroatoms. The Morgan fingerprint density at radius 2 is 2.28 bits per heavy atom. The van der Waals surface area contributed by atoms with Crippen molar-refractivity contribution in [2.45, 2.75) is 13.5 Å². The zero-order valence-corrected chi connectivity index (χ0v) is 11.0. The zero-order chi connectivity index (χ0) is 13.1. The van der Waals surface area contributed by atoms with E-state index in [-0.39, 0.29) is 5.69 Å². The molecule has 0 aliphatic rings. The molecule has 1 aromatic carbocycles. The summed E-state index contributed by atoms with van der Waals surface area (Å²) in [5.74, 6) is 0.493. The molecule has 0 spiro atoms. The largest absolute Gasteiger partial charge is 0.363 e. The molecule has 0 unspecified atom stereocenters. The molecule has 0 radical (unpaired) electrons. The second-order valence-corrected chi connectivity index (χ2v) is 4.46. The summed E-state index contributed by atoms with van der Waals surface area (Å²) in [4.78, 5) is 10.4. The smallest absolute Gasteiger partial charge is 0.272 e. The van der Waals surface area contributed by atoms with E-state index in [1.807, 2.05) is 6.07 Å². The van der Waals surface area contributed by atoms with Gasteiger partial charge in [-0.15, -0.1) is 0 Å². The van der Waals surface area contributed by atoms with Gasteiger partial charge in [-0.05, 0) is 12.5 Å². The fourth-order valence-electron chi connectivity index (χ4n) is 1.52. The summed E-state index contributed by atoms with van der Waals surface area (Å²) in [7, 11) is 0. The fourth-order valence-corrected chi connectivity index (χ4v) is 2.20. The highest BCUT2D eigenvalue weighted by Gasteiger charge is 2.13. The van der Waals surface area contributed by atoms with Crippen molar-refractivity contribution in [3.63, 3.8) is 0 Å². The summed E-state index contributed by atoms with van der Waals surface area (Å²) < 4.78 is 7.79. The van der Waals surface area contributed by atoms with Crippen LogP contribution in [-0.2, 0) is 6.54 Å². The Kier molecular flexibility index (Phi) is 3.73. The lowest BCUT2D eigenvalue weighted by Gasteiger charge is -2.07. The molecule has 0 fully saturated rings. The van der Waals surface area contributed by atoms with Crippen LogP contribution in [0.2, 0.25) is 5.15 Å². The van der Waals surface area contributed by atoms with Crippen LogP contribution in [0.25, 0.3) is 0 Å². The quantitative estimate of drug-likeness (QED) is 0.689. The van der Waals surface area contributed by atoms with Crippen molar-refractivity contribution in [1.82, 2.24) is 8.75 Å². The van der Waals surface area contributed by atoms with E-state index < -0.39 is 4.92 Å². The first-order valence-electron chi connectivity index (χ1n) is 5.04. The zero-order valence-electron chi connectivity index (χ0n) is 9.38. The minimum Gasteiger partial charge on any atom is -0.363 e. The molecule has 0 amide bonds. The predicted molar refractivity (Wildman–Crippen MR) is 70.1 cm³/mol. The first kappa shape index (κ1) is 12.7. The van der Waals surface area contributed by atoms with Gasteiger partial charge < -0.3 is 5.32 Å². The summed E-state index contributed by atoms with van der Waals surface area (Å²) in [5.41, 5.74) is 1.57. The van der Waals surface area contributed by atoms with E-state index in [2.05, 4.69) is 14.1 Å². The Balaban J connectivity index is 2.17. The number of rotatable bonds is 4. The van der Waals surface area contributed by atoms with E-state index >= 15 is 0 Å². The van der Waals surface area contributed by atoms with Crippen molar-refractivity contribution in [1.29, 1.82) is 0 Å². The molecule has 0 saturated heterocycles. The molecule has 2 aromatic rings. The summed E-state index contributed by atoms with van der Waals surface area (Å²) in [5, 5.41) is 14.1. The Hall–Kier alpha value is -1.73. The van der Waals surface area contributed by atoms with Crippen molar-refractivity contribution >= 4 is 34.8 Å². The van der Waals surface area contributed by atoms with Crippen LogP contribution in [0, 0.1) is 17.0 Å². The molecule has 0 saturated carbocycles. The van der Waals surface area contributed by atoms with Crippen LogP contribution in [0.4, 0.5) is 11.5 Å². The van der Waals surface area contributed by atoms with E-state index in [1.165, 1.54) is 6.07 Å². The third-order valence-electron chi connectivity index (χ3n) is 2.51. The maximum absolute atomic E-state index is 10.8. The molecule has 0 aliphatic carbocycles. The lowest BCUT2D eigenvalue weighted by atomic mass is 10.1. The highest BCUT2D eigenvalue weighted by atomic mass is 35.5. The summed E-state index contributed by atoms with van der Waals surface area (Å²) in [6.07, 6.45) is 0. The average Bonchev–Trinajstić information content (AvgIpc) is 2.73. The molecule has 18 heavy (non-hydrogen) atoms. The van der Waals surface area contributed by atoms with Gasteiger partial charge in [0.15, 0.2) is 11.0 Å². The number of nitro groups is 1. The molecular weight excluding hydrogens is 276 g/mol. The van der Waals surface area contributed by atoms with Crippen LogP contribution >= 0.6 is 23.3 Å². The number of hydrogen-bond acceptors (Lipinski definition) is 6. The summed E-state index contributed by atoms with van der Waals surface area (Å²) in [6.45, 7) is 2.13. The Morgan fingerprint density at radius 1 is 1.50 bits per heavy atom. The SMILES string of the molecule is Cc1c(CNc2nsnc2Cl)cccc1[N+](=O)[O-]. The van der Waals surface area contributed by atoms with Gasteiger partial charge in [0, 0.05) is 18.2 Å². The van der Waals surface area contributed by atoms with Gasteiger partial charge in [0.25, 0.3) is 5.69 Å². The standard InChI is InChI=1S/C10H9ClN4O2S/c1-6-7(3-2-4-8(6)15(16)17)5-12-10-9(11)13-18-14-10/h2-4H,5H2,1H3,(H,12,14). The van der Waals surface area contributed by atoms with Crippen LogP contribution in [0.3, 0.4) is 0 Å². The van der Waals surface area contributed by atoms with Gasteiger partial charge in [-0.1, -0.05) is 23.7 Å². The van der Waals surface area contributed by atoms with Crippen molar-refractivity contribution < 1.29 is 4.92 Å². The molecule has 0 atom stereocenters. The molecule has 1 N–H and O–H groups in total. The van der Waals surface area contributed by atoms with E-state index in [4.69, 9.17) is 11.6 Å². The number of aromatic nitrogens is 2. The maximum atomic E-state index is 10.8. The lowest BCUT2D eigenvalue weighted by Crippen LogP contribution is -2.03. The van der Waals surface area contributed by atoms with Crippen molar-refractivity contribution in [3.8, 4) is 0 Å². The lowest BCUT2D eigenvalue weighted by molar-refractivity contribution is -0.385. The Bertz CT molecular complexity index is 587. The van der Waals surface area contributed by atoms with Gasteiger partial charge in [0.05, 0.1) is 16.7 Å². The molecule has 1 heterocycles. The minimum absolute atomic E-state index is 0.108. The van der Waals surface area contributed by atoms with E-state index in [1.54, 1.807) is 13.0 Å².